The Hall–Kier alpha value is -1.55. The van der Waals surface area contributed by atoms with Crippen LogP contribution in [0.15, 0.2) is 46.9 Å². The number of hydrogen-bond acceptors (Lipinski definition) is 2. The fraction of sp³-hybridized carbons (Fsp3) is 0. The molecule has 0 atom stereocenters. The third kappa shape index (κ3) is 2.52. The van der Waals surface area contributed by atoms with Crippen molar-refractivity contribution in [2.75, 3.05) is 11.1 Å². The molecule has 4 heteroatoms. The minimum Gasteiger partial charge on any atom is -0.399 e. The highest BCUT2D eigenvalue weighted by Crippen LogP contribution is 2.22. The normalized spacial score (nSPS) is 10.1. The zero-order chi connectivity index (χ0) is 11.5. The first-order valence-corrected chi connectivity index (χ1v) is 5.52. The molecule has 0 spiro atoms. The highest BCUT2D eigenvalue weighted by atomic mass is 79.9. The van der Waals surface area contributed by atoms with Crippen molar-refractivity contribution in [3.8, 4) is 0 Å². The fourth-order valence-electron chi connectivity index (χ4n) is 1.32. The van der Waals surface area contributed by atoms with Gasteiger partial charge in [0.2, 0.25) is 0 Å². The Morgan fingerprint density at radius 1 is 1.06 bits per heavy atom. The molecule has 0 unspecified atom stereocenters. The highest BCUT2D eigenvalue weighted by molar-refractivity contribution is 9.10. The maximum absolute atomic E-state index is 13.5. The van der Waals surface area contributed by atoms with E-state index in [1.54, 1.807) is 12.1 Å². The van der Waals surface area contributed by atoms with Crippen LogP contribution in [-0.4, -0.2) is 0 Å². The van der Waals surface area contributed by atoms with E-state index in [0.717, 1.165) is 10.2 Å². The molecule has 0 bridgehead atoms. The van der Waals surface area contributed by atoms with E-state index in [9.17, 15) is 4.39 Å². The molecular formula is C12H10BrFN2. The Balaban J connectivity index is 2.23. The molecule has 2 rings (SSSR count). The maximum Gasteiger partial charge on any atom is 0.148 e. The molecule has 0 aliphatic rings. The topological polar surface area (TPSA) is 38.0 Å². The van der Waals surface area contributed by atoms with E-state index in [1.807, 2.05) is 24.3 Å². The van der Waals surface area contributed by atoms with Crippen LogP contribution in [0.1, 0.15) is 0 Å². The van der Waals surface area contributed by atoms with Crippen molar-refractivity contribution in [1.82, 2.24) is 0 Å². The summed E-state index contributed by atoms with van der Waals surface area (Å²) < 4.78 is 14.4. The van der Waals surface area contributed by atoms with Gasteiger partial charge in [-0.2, -0.15) is 0 Å². The van der Waals surface area contributed by atoms with Gasteiger partial charge in [0.25, 0.3) is 0 Å². The van der Waals surface area contributed by atoms with Crippen molar-refractivity contribution < 1.29 is 4.39 Å². The van der Waals surface area contributed by atoms with Crippen LogP contribution in [-0.2, 0) is 0 Å². The quantitative estimate of drug-likeness (QED) is 0.819. The third-order valence-corrected chi connectivity index (χ3v) is 2.65. The Bertz CT molecular complexity index is 497. The molecule has 0 aromatic heterocycles. The molecule has 0 heterocycles. The molecule has 0 aliphatic heterocycles. The lowest BCUT2D eigenvalue weighted by atomic mass is 10.2. The molecule has 0 saturated carbocycles. The monoisotopic (exact) mass is 280 g/mol. The number of nitrogen functional groups attached to an aromatic ring is 1. The van der Waals surface area contributed by atoms with Gasteiger partial charge in [0.05, 0.1) is 5.69 Å². The minimum absolute atomic E-state index is 0.358. The smallest absolute Gasteiger partial charge is 0.148 e. The van der Waals surface area contributed by atoms with Gasteiger partial charge in [-0.1, -0.05) is 15.9 Å². The molecule has 0 saturated heterocycles. The average molecular weight is 281 g/mol. The summed E-state index contributed by atoms with van der Waals surface area (Å²) >= 11 is 3.34. The highest BCUT2D eigenvalue weighted by Gasteiger charge is 2.02. The van der Waals surface area contributed by atoms with Crippen LogP contribution in [0.25, 0.3) is 0 Å². The second kappa shape index (κ2) is 4.53. The minimum atomic E-state index is -0.358. The standard InChI is InChI=1S/C12H10BrFN2/c13-8-1-4-10(5-2-8)16-12-6-3-9(15)7-11(12)14/h1-7,16H,15H2. The van der Waals surface area contributed by atoms with Crippen LogP contribution in [0.3, 0.4) is 0 Å². The molecule has 2 aromatic rings. The van der Waals surface area contributed by atoms with Crippen molar-refractivity contribution >= 4 is 33.0 Å². The number of nitrogens with one attached hydrogen (secondary N) is 1. The van der Waals surface area contributed by atoms with Gasteiger partial charge in [-0.3, -0.25) is 0 Å². The van der Waals surface area contributed by atoms with Crippen LogP contribution < -0.4 is 11.1 Å². The van der Waals surface area contributed by atoms with Gasteiger partial charge >= 0.3 is 0 Å². The van der Waals surface area contributed by atoms with E-state index in [2.05, 4.69) is 21.2 Å². The second-order valence-electron chi connectivity index (χ2n) is 3.37. The summed E-state index contributed by atoms with van der Waals surface area (Å²) in [6.07, 6.45) is 0. The first-order valence-electron chi connectivity index (χ1n) is 4.73. The van der Waals surface area contributed by atoms with Crippen molar-refractivity contribution in [2.45, 2.75) is 0 Å². The summed E-state index contributed by atoms with van der Waals surface area (Å²) in [5.74, 6) is -0.358. The largest absolute Gasteiger partial charge is 0.399 e. The zero-order valence-electron chi connectivity index (χ0n) is 8.37. The van der Waals surface area contributed by atoms with Crippen LogP contribution in [0.2, 0.25) is 0 Å². The van der Waals surface area contributed by atoms with Gasteiger partial charge in [-0.25, -0.2) is 4.39 Å². The number of halogens is 2. The Morgan fingerprint density at radius 3 is 2.38 bits per heavy atom. The molecule has 16 heavy (non-hydrogen) atoms. The summed E-state index contributed by atoms with van der Waals surface area (Å²) in [6, 6.07) is 12.1. The van der Waals surface area contributed by atoms with Crippen LogP contribution in [0, 0.1) is 5.82 Å². The van der Waals surface area contributed by atoms with Crippen molar-refractivity contribution in [1.29, 1.82) is 0 Å². The first kappa shape index (κ1) is 11.0. The number of benzene rings is 2. The lowest BCUT2D eigenvalue weighted by molar-refractivity contribution is 0.632. The predicted molar refractivity (Wildman–Crippen MR) is 68.2 cm³/mol. The van der Waals surface area contributed by atoms with Gasteiger partial charge in [0.1, 0.15) is 5.82 Å². The number of rotatable bonds is 2. The van der Waals surface area contributed by atoms with E-state index in [-0.39, 0.29) is 5.82 Å². The molecule has 2 nitrogen and oxygen atoms in total. The van der Waals surface area contributed by atoms with Gasteiger partial charge in [0.15, 0.2) is 0 Å². The SMILES string of the molecule is Nc1ccc(Nc2ccc(Br)cc2)c(F)c1. The molecule has 3 N–H and O–H groups in total. The fourth-order valence-corrected chi connectivity index (χ4v) is 1.59. The number of nitrogens with two attached hydrogens (primary N) is 1. The molecule has 0 aliphatic carbocycles. The van der Waals surface area contributed by atoms with E-state index < -0.39 is 0 Å². The summed E-state index contributed by atoms with van der Waals surface area (Å²) in [7, 11) is 0. The Kier molecular flexibility index (Phi) is 3.10. The lowest BCUT2D eigenvalue weighted by Gasteiger charge is -2.08. The first-order chi connectivity index (χ1) is 7.65. The molecular weight excluding hydrogens is 271 g/mol. The van der Waals surface area contributed by atoms with E-state index in [0.29, 0.717) is 11.4 Å². The molecule has 0 amide bonds. The average Bonchev–Trinajstić information content (AvgIpc) is 2.25. The van der Waals surface area contributed by atoms with Crippen LogP contribution in [0.5, 0.6) is 0 Å². The second-order valence-corrected chi connectivity index (χ2v) is 4.29. The van der Waals surface area contributed by atoms with Crippen molar-refractivity contribution in [2.24, 2.45) is 0 Å². The lowest BCUT2D eigenvalue weighted by Crippen LogP contribution is -1.95. The Morgan fingerprint density at radius 2 is 1.75 bits per heavy atom. The van der Waals surface area contributed by atoms with E-state index in [4.69, 9.17) is 5.73 Å². The summed E-state index contributed by atoms with van der Waals surface area (Å²) in [5, 5.41) is 2.98. The summed E-state index contributed by atoms with van der Waals surface area (Å²) in [6.45, 7) is 0. The summed E-state index contributed by atoms with van der Waals surface area (Å²) in [4.78, 5) is 0. The van der Waals surface area contributed by atoms with Gasteiger partial charge < -0.3 is 11.1 Å². The van der Waals surface area contributed by atoms with E-state index in [1.165, 1.54) is 6.07 Å². The molecule has 82 valence electrons. The maximum atomic E-state index is 13.5. The number of hydrogen-bond donors (Lipinski definition) is 2. The van der Waals surface area contributed by atoms with Crippen molar-refractivity contribution in [3.05, 3.63) is 52.8 Å². The van der Waals surface area contributed by atoms with Gasteiger partial charge in [0, 0.05) is 15.8 Å². The summed E-state index contributed by atoms with van der Waals surface area (Å²) in [5.41, 5.74) is 7.12. The predicted octanol–water partition coefficient (Wildman–Crippen LogP) is 3.91. The molecule has 0 fully saturated rings. The number of anilines is 3. The van der Waals surface area contributed by atoms with E-state index >= 15 is 0 Å². The van der Waals surface area contributed by atoms with Gasteiger partial charge in [-0.05, 0) is 42.5 Å². The Labute approximate surface area is 101 Å². The van der Waals surface area contributed by atoms with Crippen molar-refractivity contribution in [3.63, 3.8) is 0 Å². The zero-order valence-corrected chi connectivity index (χ0v) is 9.96. The van der Waals surface area contributed by atoms with Crippen LogP contribution >= 0.6 is 15.9 Å². The molecule has 0 radical (unpaired) electrons. The molecule has 2 aromatic carbocycles. The third-order valence-electron chi connectivity index (χ3n) is 2.12. The van der Waals surface area contributed by atoms with Gasteiger partial charge in [-0.15, -0.1) is 0 Å². The van der Waals surface area contributed by atoms with Crippen LogP contribution in [0.4, 0.5) is 21.5 Å².